The smallest absolute Gasteiger partial charge is 0.254 e. The number of fused-ring (bicyclic) bond motifs is 2. The van der Waals surface area contributed by atoms with Crippen molar-refractivity contribution in [1.82, 2.24) is 28.7 Å². The number of nitrogens with one attached hydrogen (secondary N) is 1. The van der Waals surface area contributed by atoms with E-state index in [4.69, 9.17) is 15.5 Å². The van der Waals surface area contributed by atoms with Crippen LogP contribution in [-0.2, 0) is 23.1 Å². The van der Waals surface area contributed by atoms with Crippen molar-refractivity contribution in [2.45, 2.75) is 44.8 Å². The summed E-state index contributed by atoms with van der Waals surface area (Å²) in [7, 11) is -1.82. The van der Waals surface area contributed by atoms with Crippen molar-refractivity contribution in [3.63, 3.8) is 0 Å². The number of nitrogens with zero attached hydrogens (tertiary/aromatic N) is 5. The van der Waals surface area contributed by atoms with Gasteiger partial charge in [0.1, 0.15) is 16.9 Å². The number of ether oxygens (including phenoxy) is 1. The van der Waals surface area contributed by atoms with Crippen molar-refractivity contribution in [2.75, 3.05) is 33.0 Å². The highest BCUT2D eigenvalue weighted by molar-refractivity contribution is 7.88. The van der Waals surface area contributed by atoms with Crippen molar-refractivity contribution in [1.29, 1.82) is 0 Å². The van der Waals surface area contributed by atoms with Crippen LogP contribution in [0.4, 0.5) is 0 Å². The largest absolute Gasteiger partial charge is 0.494 e. The maximum absolute atomic E-state index is 13.5. The first-order valence-electron chi connectivity index (χ1n) is 13.7. The Hall–Kier alpha value is -3.48. The quantitative estimate of drug-likeness (QED) is 0.318. The summed E-state index contributed by atoms with van der Waals surface area (Å²) in [6.45, 7) is 2.51. The Morgan fingerprint density at radius 2 is 2.02 bits per heavy atom. The minimum absolute atomic E-state index is 0.0292. The van der Waals surface area contributed by atoms with Gasteiger partial charge in [0.2, 0.25) is 10.0 Å². The third kappa shape index (κ3) is 5.30. The molecule has 212 valence electrons. The Balaban J connectivity index is 1.50. The van der Waals surface area contributed by atoms with Gasteiger partial charge in [-0.25, -0.2) is 23.1 Å². The van der Waals surface area contributed by atoms with Crippen molar-refractivity contribution in [2.24, 2.45) is 11.7 Å². The van der Waals surface area contributed by atoms with E-state index in [1.165, 1.54) is 12.8 Å². The normalized spacial score (nSPS) is 18.1. The predicted octanol–water partition coefficient (Wildman–Crippen LogP) is 2.58. The Kier molecular flexibility index (Phi) is 7.01. The van der Waals surface area contributed by atoms with Crippen LogP contribution in [0.3, 0.4) is 0 Å². The van der Waals surface area contributed by atoms with Gasteiger partial charge < -0.3 is 24.5 Å². The van der Waals surface area contributed by atoms with Crippen LogP contribution in [-0.4, -0.2) is 77.4 Å². The van der Waals surface area contributed by atoms with Crippen molar-refractivity contribution in [3.05, 3.63) is 42.1 Å². The molecule has 2 aliphatic rings. The summed E-state index contributed by atoms with van der Waals surface area (Å²) < 4.78 is 36.3. The fourth-order valence-corrected chi connectivity index (χ4v) is 6.12. The highest BCUT2D eigenvalue weighted by Crippen LogP contribution is 2.38. The van der Waals surface area contributed by atoms with E-state index in [0.29, 0.717) is 53.7 Å². The third-order valence-corrected chi connectivity index (χ3v) is 8.47. The van der Waals surface area contributed by atoms with E-state index in [-0.39, 0.29) is 18.5 Å². The number of methoxy groups -OCH3 is 1. The topological polar surface area (TPSA) is 137 Å². The first-order valence-corrected chi connectivity index (χ1v) is 15.6. The Bertz CT molecular complexity index is 1690. The maximum atomic E-state index is 13.5. The average molecular weight is 566 g/mol. The number of benzene rings is 1. The molecular formula is C28H35N7O4S. The SMILES string of the molecule is COc1cc(C(=O)N2CCC[C@@H](N)C2)cc2nc(-c3cc4cccnc4n3CC3CC3)n(CCNS(C)(=O)=O)c12. The monoisotopic (exact) mass is 565 g/mol. The van der Waals surface area contributed by atoms with Crippen LogP contribution in [0.1, 0.15) is 36.0 Å². The van der Waals surface area contributed by atoms with Gasteiger partial charge in [0, 0.05) is 55.9 Å². The molecule has 1 amide bonds. The molecule has 2 fully saturated rings. The van der Waals surface area contributed by atoms with Crippen LogP contribution in [0.5, 0.6) is 5.75 Å². The molecule has 1 saturated heterocycles. The molecule has 3 aromatic heterocycles. The number of imidazole rings is 1. The first-order chi connectivity index (χ1) is 19.2. The summed E-state index contributed by atoms with van der Waals surface area (Å²) in [6.07, 6.45) is 7.08. The number of hydrogen-bond donors (Lipinski definition) is 2. The van der Waals surface area contributed by atoms with Gasteiger partial charge in [-0.2, -0.15) is 0 Å². The minimum Gasteiger partial charge on any atom is -0.494 e. The highest BCUT2D eigenvalue weighted by Gasteiger charge is 2.28. The summed E-state index contributed by atoms with van der Waals surface area (Å²) in [6, 6.07) is 9.56. The van der Waals surface area contributed by atoms with Gasteiger partial charge >= 0.3 is 0 Å². The van der Waals surface area contributed by atoms with Crippen molar-refractivity contribution in [3.8, 4) is 17.3 Å². The number of carbonyl (C=O) groups is 1. The number of pyridine rings is 1. The fourth-order valence-electron chi connectivity index (χ4n) is 5.66. The summed E-state index contributed by atoms with van der Waals surface area (Å²) in [5, 5.41) is 1.01. The molecule has 40 heavy (non-hydrogen) atoms. The molecule has 0 spiro atoms. The lowest BCUT2D eigenvalue weighted by atomic mass is 10.0. The van der Waals surface area contributed by atoms with Gasteiger partial charge in [0.05, 0.1) is 24.6 Å². The standard InChI is InChI=1S/C28H35N7O4S/c1-39-24-15-20(28(36)33-11-4-6-21(29)17-33)13-22-25(24)34(12-10-31-40(2,37)38)27(32-22)23-14-19-5-3-9-30-26(19)35(23)16-18-7-8-18/h3,5,9,13-15,18,21,31H,4,6-8,10-12,16-17,29H2,1-2H3/t21-/m1/s1. The van der Waals surface area contributed by atoms with Crippen LogP contribution < -0.4 is 15.2 Å². The van der Waals surface area contributed by atoms with Crippen LogP contribution in [0.2, 0.25) is 0 Å². The molecule has 11 nitrogen and oxygen atoms in total. The summed E-state index contributed by atoms with van der Waals surface area (Å²) in [4.78, 5) is 25.0. The van der Waals surface area contributed by atoms with Gasteiger partial charge in [0.15, 0.2) is 5.82 Å². The lowest BCUT2D eigenvalue weighted by molar-refractivity contribution is 0.0708. The summed E-state index contributed by atoms with van der Waals surface area (Å²) in [5.74, 6) is 1.67. The fraction of sp³-hybridized carbons (Fsp3) is 0.464. The number of amides is 1. The van der Waals surface area contributed by atoms with E-state index in [9.17, 15) is 13.2 Å². The van der Waals surface area contributed by atoms with Crippen LogP contribution in [0.15, 0.2) is 36.5 Å². The molecule has 4 aromatic rings. The zero-order valence-corrected chi connectivity index (χ0v) is 23.7. The number of rotatable bonds is 9. The van der Waals surface area contributed by atoms with Crippen molar-refractivity contribution < 1.29 is 17.9 Å². The number of likely N-dealkylation sites (tertiary alicyclic amines) is 1. The van der Waals surface area contributed by atoms with E-state index in [1.807, 2.05) is 16.7 Å². The van der Waals surface area contributed by atoms with Crippen LogP contribution >= 0.6 is 0 Å². The molecule has 1 saturated carbocycles. The van der Waals surface area contributed by atoms with E-state index < -0.39 is 10.0 Å². The van der Waals surface area contributed by atoms with Gasteiger partial charge in [-0.1, -0.05) is 0 Å². The number of sulfonamides is 1. The van der Waals surface area contributed by atoms with E-state index in [2.05, 4.69) is 20.3 Å². The van der Waals surface area contributed by atoms with Crippen LogP contribution in [0.25, 0.3) is 33.6 Å². The maximum Gasteiger partial charge on any atom is 0.254 e. The molecule has 1 aromatic carbocycles. The molecule has 3 N–H and O–H groups in total. The van der Waals surface area contributed by atoms with E-state index in [0.717, 1.165) is 42.4 Å². The van der Waals surface area contributed by atoms with Gasteiger partial charge in [-0.15, -0.1) is 0 Å². The molecule has 0 bridgehead atoms. The summed E-state index contributed by atoms with van der Waals surface area (Å²) >= 11 is 0. The molecule has 0 radical (unpaired) electrons. The minimum atomic E-state index is -3.39. The van der Waals surface area contributed by atoms with Crippen LogP contribution in [0, 0.1) is 5.92 Å². The third-order valence-electron chi connectivity index (χ3n) is 7.74. The zero-order chi connectivity index (χ0) is 28.0. The second-order valence-corrected chi connectivity index (χ2v) is 12.8. The van der Waals surface area contributed by atoms with E-state index >= 15 is 0 Å². The lowest BCUT2D eigenvalue weighted by Gasteiger charge is -2.30. The highest BCUT2D eigenvalue weighted by atomic mass is 32.2. The Morgan fingerprint density at radius 3 is 2.75 bits per heavy atom. The molecule has 0 unspecified atom stereocenters. The molecule has 6 rings (SSSR count). The molecular weight excluding hydrogens is 530 g/mol. The number of hydrogen-bond acceptors (Lipinski definition) is 7. The van der Waals surface area contributed by atoms with Gasteiger partial charge in [-0.05, 0) is 61.9 Å². The molecule has 12 heteroatoms. The molecule has 1 aliphatic heterocycles. The van der Waals surface area contributed by atoms with E-state index in [1.54, 1.807) is 30.3 Å². The number of nitrogens with two attached hydrogens (primary N) is 1. The predicted molar refractivity (Wildman–Crippen MR) is 154 cm³/mol. The summed E-state index contributed by atoms with van der Waals surface area (Å²) in [5.41, 5.74) is 9.73. The number of aromatic nitrogens is 4. The first kappa shape index (κ1) is 26.7. The molecule has 1 aliphatic carbocycles. The number of piperidine rings is 1. The molecule has 4 heterocycles. The Labute approximate surface area is 233 Å². The Morgan fingerprint density at radius 1 is 1.20 bits per heavy atom. The number of carbonyl (C=O) groups excluding carboxylic acids is 1. The second kappa shape index (κ2) is 10.5. The van der Waals surface area contributed by atoms with Crippen molar-refractivity contribution >= 4 is 38.0 Å². The second-order valence-electron chi connectivity index (χ2n) is 11.0. The van der Waals surface area contributed by atoms with Gasteiger partial charge in [-0.3, -0.25) is 4.79 Å². The lowest BCUT2D eigenvalue weighted by Crippen LogP contribution is -2.45. The average Bonchev–Trinajstić information content (AvgIpc) is 3.58. The van der Waals surface area contributed by atoms with Gasteiger partial charge in [0.25, 0.3) is 5.91 Å². The zero-order valence-electron chi connectivity index (χ0n) is 22.8. The molecule has 1 atom stereocenters.